The number of aryl methyl sites for hydroxylation is 1. The number of aromatic nitrogens is 2. The van der Waals surface area contributed by atoms with E-state index in [2.05, 4.69) is 22.2 Å². The van der Waals surface area contributed by atoms with Gasteiger partial charge in [0.15, 0.2) is 0 Å². The van der Waals surface area contributed by atoms with Crippen molar-refractivity contribution in [1.29, 1.82) is 0 Å². The van der Waals surface area contributed by atoms with Gasteiger partial charge in [0.2, 0.25) is 0 Å². The third-order valence-corrected chi connectivity index (χ3v) is 8.28. The number of amides is 3. The van der Waals surface area contributed by atoms with Crippen molar-refractivity contribution >= 4 is 45.1 Å². The van der Waals surface area contributed by atoms with Gasteiger partial charge in [0.1, 0.15) is 12.0 Å². The summed E-state index contributed by atoms with van der Waals surface area (Å²) in [5.74, 6) is -0.225. The van der Waals surface area contributed by atoms with E-state index in [4.69, 9.17) is 16.3 Å². The minimum absolute atomic E-state index is 0.0774. The zero-order valence-electron chi connectivity index (χ0n) is 19.9. The SMILES string of the molecule is Cc1cc(Cl)cc(-c2ncnc3cc(CN4C(=O)C5=CCCCN5C4=O)sc23)c1CC1CNCCO1. The maximum absolute atomic E-state index is 12.9. The van der Waals surface area contributed by atoms with Crippen LogP contribution in [-0.2, 0) is 22.5 Å². The van der Waals surface area contributed by atoms with E-state index in [0.29, 0.717) is 23.9 Å². The molecule has 8 nitrogen and oxygen atoms in total. The van der Waals surface area contributed by atoms with Gasteiger partial charge >= 0.3 is 6.03 Å². The summed E-state index contributed by atoms with van der Waals surface area (Å²) in [6, 6.07) is 5.63. The number of carbonyl (C=O) groups is 2. The van der Waals surface area contributed by atoms with Crippen molar-refractivity contribution in [3.63, 3.8) is 0 Å². The van der Waals surface area contributed by atoms with Crippen molar-refractivity contribution < 1.29 is 14.3 Å². The number of fused-ring (bicyclic) bond motifs is 2. The van der Waals surface area contributed by atoms with Crippen LogP contribution < -0.4 is 5.32 Å². The number of carbonyl (C=O) groups excluding carboxylic acids is 2. The first-order valence-electron chi connectivity index (χ1n) is 12.2. The highest BCUT2D eigenvalue weighted by Crippen LogP contribution is 2.38. The summed E-state index contributed by atoms with van der Waals surface area (Å²) in [5.41, 5.74) is 5.30. The Kier molecular flexibility index (Phi) is 6.25. The average molecular weight is 524 g/mol. The Morgan fingerprint density at radius 2 is 2.14 bits per heavy atom. The number of allylic oxidation sites excluding steroid dienone is 1. The molecular weight excluding hydrogens is 498 g/mol. The Morgan fingerprint density at radius 3 is 2.94 bits per heavy atom. The first-order valence-corrected chi connectivity index (χ1v) is 13.4. The molecule has 2 aromatic heterocycles. The van der Waals surface area contributed by atoms with Gasteiger partial charge in [0.05, 0.1) is 35.2 Å². The van der Waals surface area contributed by atoms with Crippen LogP contribution in [0.4, 0.5) is 4.79 Å². The van der Waals surface area contributed by atoms with Gasteiger partial charge in [0.25, 0.3) is 5.91 Å². The van der Waals surface area contributed by atoms with E-state index < -0.39 is 0 Å². The molecule has 10 heteroatoms. The summed E-state index contributed by atoms with van der Waals surface area (Å²) in [4.78, 5) is 38.8. The molecule has 3 aliphatic heterocycles. The second-order valence-corrected chi connectivity index (χ2v) is 10.9. The maximum Gasteiger partial charge on any atom is 0.331 e. The lowest BCUT2D eigenvalue weighted by Gasteiger charge is -2.25. The number of nitrogens with one attached hydrogen (secondary N) is 1. The van der Waals surface area contributed by atoms with Crippen LogP contribution in [-0.4, -0.2) is 64.1 Å². The molecule has 186 valence electrons. The first-order chi connectivity index (χ1) is 17.5. The van der Waals surface area contributed by atoms with Crippen molar-refractivity contribution in [2.45, 2.75) is 38.8 Å². The van der Waals surface area contributed by atoms with Gasteiger partial charge in [-0.05, 0) is 49.1 Å². The molecule has 0 saturated carbocycles. The van der Waals surface area contributed by atoms with E-state index in [1.165, 1.54) is 16.2 Å². The molecule has 1 aromatic carbocycles. The Hall–Kier alpha value is -2.85. The molecule has 3 aromatic rings. The van der Waals surface area contributed by atoms with Gasteiger partial charge in [-0.2, -0.15) is 0 Å². The molecule has 2 saturated heterocycles. The summed E-state index contributed by atoms with van der Waals surface area (Å²) < 4.78 is 6.89. The molecule has 0 bridgehead atoms. The molecule has 0 aliphatic carbocycles. The smallest absolute Gasteiger partial charge is 0.331 e. The standard InChI is InChI=1S/C26H26ClN5O3S/c1-15-8-16(27)9-20(19(15)10-17-12-28-5-7-35-17)23-24-21(29-14-30-23)11-18(36-24)13-32-25(33)22-4-2-3-6-31(22)26(32)34/h4,8-9,11,14,17,28H,2-3,5-7,10,12-13H2,1H3. The number of ether oxygens (including phenoxy) is 1. The summed E-state index contributed by atoms with van der Waals surface area (Å²) >= 11 is 8.01. The normalized spacial score (nSPS) is 20.3. The number of nitrogens with zero attached hydrogens (tertiary/aromatic N) is 4. The highest BCUT2D eigenvalue weighted by atomic mass is 35.5. The van der Waals surface area contributed by atoms with Crippen LogP contribution in [0.5, 0.6) is 0 Å². The van der Waals surface area contributed by atoms with E-state index in [0.717, 1.165) is 69.8 Å². The first kappa shape index (κ1) is 23.5. The Morgan fingerprint density at radius 1 is 1.25 bits per heavy atom. The molecule has 0 spiro atoms. The molecule has 2 fully saturated rings. The van der Waals surface area contributed by atoms with Crippen molar-refractivity contribution in [3.8, 4) is 11.3 Å². The van der Waals surface area contributed by atoms with E-state index in [-0.39, 0.29) is 24.6 Å². The number of morpholine rings is 1. The van der Waals surface area contributed by atoms with E-state index in [1.54, 1.807) is 11.2 Å². The quantitative estimate of drug-likeness (QED) is 0.502. The summed E-state index contributed by atoms with van der Waals surface area (Å²) in [5, 5.41) is 4.05. The topological polar surface area (TPSA) is 87.7 Å². The zero-order chi connectivity index (χ0) is 24.8. The number of hydrogen-bond donors (Lipinski definition) is 1. The van der Waals surface area contributed by atoms with Gasteiger partial charge in [-0.1, -0.05) is 17.7 Å². The molecule has 1 unspecified atom stereocenters. The van der Waals surface area contributed by atoms with Crippen LogP contribution in [0.1, 0.15) is 28.8 Å². The Bertz CT molecular complexity index is 1400. The van der Waals surface area contributed by atoms with Gasteiger partial charge in [0, 0.05) is 41.5 Å². The van der Waals surface area contributed by atoms with Gasteiger partial charge in [-0.15, -0.1) is 11.3 Å². The monoisotopic (exact) mass is 523 g/mol. The lowest BCUT2D eigenvalue weighted by Crippen LogP contribution is -2.39. The molecule has 3 amide bonds. The summed E-state index contributed by atoms with van der Waals surface area (Å²) in [7, 11) is 0. The van der Waals surface area contributed by atoms with Crippen LogP contribution in [0.2, 0.25) is 5.02 Å². The second-order valence-electron chi connectivity index (χ2n) is 9.36. The summed E-state index contributed by atoms with van der Waals surface area (Å²) in [6.45, 7) is 5.23. The molecule has 1 atom stereocenters. The number of imide groups is 1. The Labute approximate surface area is 217 Å². The fraction of sp³-hybridized carbons (Fsp3) is 0.385. The minimum Gasteiger partial charge on any atom is -0.375 e. The largest absolute Gasteiger partial charge is 0.375 e. The zero-order valence-corrected chi connectivity index (χ0v) is 21.5. The molecule has 6 rings (SSSR count). The van der Waals surface area contributed by atoms with Crippen LogP contribution in [0, 0.1) is 6.92 Å². The van der Waals surface area contributed by atoms with Gasteiger partial charge in [-0.25, -0.2) is 14.8 Å². The fourth-order valence-corrected chi connectivity index (χ4v) is 6.57. The number of thiophene rings is 1. The van der Waals surface area contributed by atoms with E-state index >= 15 is 0 Å². The number of rotatable bonds is 5. The number of hydrogen-bond acceptors (Lipinski definition) is 7. The van der Waals surface area contributed by atoms with E-state index in [9.17, 15) is 9.59 Å². The molecule has 1 N–H and O–H groups in total. The van der Waals surface area contributed by atoms with Crippen molar-refractivity contribution in [1.82, 2.24) is 25.1 Å². The average Bonchev–Trinajstić information content (AvgIpc) is 3.41. The highest BCUT2D eigenvalue weighted by molar-refractivity contribution is 7.19. The number of halogens is 1. The van der Waals surface area contributed by atoms with Crippen LogP contribution >= 0.6 is 22.9 Å². The Balaban J connectivity index is 1.36. The van der Waals surface area contributed by atoms with Crippen molar-refractivity contribution in [2.24, 2.45) is 0 Å². The highest BCUT2D eigenvalue weighted by Gasteiger charge is 2.41. The molecular formula is C26H26ClN5O3S. The number of benzene rings is 1. The maximum atomic E-state index is 12.9. The predicted molar refractivity (Wildman–Crippen MR) is 139 cm³/mol. The predicted octanol–water partition coefficient (Wildman–Crippen LogP) is 4.29. The molecule has 5 heterocycles. The second kappa shape index (κ2) is 9.55. The lowest BCUT2D eigenvalue weighted by molar-refractivity contribution is -0.123. The minimum atomic E-state index is -0.247. The third-order valence-electron chi connectivity index (χ3n) is 6.95. The third kappa shape index (κ3) is 4.20. The fourth-order valence-electron chi connectivity index (χ4n) is 5.19. The number of urea groups is 1. The van der Waals surface area contributed by atoms with Crippen LogP contribution in [0.3, 0.4) is 0 Å². The van der Waals surface area contributed by atoms with Crippen molar-refractivity contribution in [3.05, 3.63) is 57.3 Å². The van der Waals surface area contributed by atoms with Crippen LogP contribution in [0.25, 0.3) is 21.5 Å². The van der Waals surface area contributed by atoms with Crippen LogP contribution in [0.15, 0.2) is 36.3 Å². The molecule has 36 heavy (non-hydrogen) atoms. The molecule has 0 radical (unpaired) electrons. The summed E-state index contributed by atoms with van der Waals surface area (Å²) in [6.07, 6.45) is 5.95. The van der Waals surface area contributed by atoms with Gasteiger partial charge < -0.3 is 10.1 Å². The van der Waals surface area contributed by atoms with E-state index in [1.807, 2.05) is 24.3 Å². The lowest BCUT2D eigenvalue weighted by atomic mass is 9.94. The molecule has 3 aliphatic rings. The van der Waals surface area contributed by atoms with Gasteiger partial charge in [-0.3, -0.25) is 14.6 Å². The van der Waals surface area contributed by atoms with Crippen molar-refractivity contribution in [2.75, 3.05) is 26.2 Å².